The van der Waals surface area contributed by atoms with E-state index in [0.717, 1.165) is 5.56 Å². The monoisotopic (exact) mass is 356 g/mol. The number of hydrogen-bond acceptors (Lipinski definition) is 4. The lowest BCUT2D eigenvalue weighted by Crippen LogP contribution is -2.47. The van der Waals surface area contributed by atoms with Crippen molar-refractivity contribution in [3.63, 3.8) is 0 Å². The summed E-state index contributed by atoms with van der Waals surface area (Å²) in [5.41, 5.74) is 1.49. The number of carbonyl (C=O) groups excluding carboxylic acids is 2. The SMILES string of the molecule is C[C@@H](NC(=O)[C@@H]1CSCN1C(=O)c1ccccc1)c1ccc(O)cc1. The molecule has 5 nitrogen and oxygen atoms in total. The van der Waals surface area contributed by atoms with Gasteiger partial charge in [0.15, 0.2) is 0 Å². The molecule has 130 valence electrons. The molecule has 1 saturated heterocycles. The number of hydrogen-bond donors (Lipinski definition) is 2. The molecular weight excluding hydrogens is 336 g/mol. The summed E-state index contributed by atoms with van der Waals surface area (Å²) in [6.07, 6.45) is 0. The van der Waals surface area contributed by atoms with E-state index in [1.807, 2.05) is 25.1 Å². The Morgan fingerprint density at radius 3 is 2.52 bits per heavy atom. The molecule has 1 aliphatic heterocycles. The Morgan fingerprint density at radius 2 is 1.84 bits per heavy atom. The van der Waals surface area contributed by atoms with Crippen LogP contribution in [0, 0.1) is 0 Å². The van der Waals surface area contributed by atoms with Crippen LogP contribution in [0.5, 0.6) is 5.75 Å². The Hall–Kier alpha value is -2.47. The summed E-state index contributed by atoms with van der Waals surface area (Å²) >= 11 is 1.58. The first-order valence-electron chi connectivity index (χ1n) is 8.09. The van der Waals surface area contributed by atoms with Gasteiger partial charge in [-0.3, -0.25) is 9.59 Å². The van der Waals surface area contributed by atoms with Crippen molar-refractivity contribution in [3.8, 4) is 5.75 Å². The summed E-state index contributed by atoms with van der Waals surface area (Å²) in [6, 6.07) is 15.1. The van der Waals surface area contributed by atoms with E-state index in [1.54, 1.807) is 53.1 Å². The fourth-order valence-electron chi connectivity index (χ4n) is 2.76. The first kappa shape index (κ1) is 17.4. The molecular formula is C19H20N2O3S. The van der Waals surface area contributed by atoms with E-state index in [0.29, 0.717) is 17.2 Å². The van der Waals surface area contributed by atoms with Gasteiger partial charge in [0.05, 0.1) is 11.9 Å². The number of thioether (sulfide) groups is 1. The number of amides is 2. The van der Waals surface area contributed by atoms with Crippen LogP contribution >= 0.6 is 11.8 Å². The minimum atomic E-state index is -0.475. The number of carbonyl (C=O) groups is 2. The molecule has 2 aromatic carbocycles. The molecule has 0 bridgehead atoms. The summed E-state index contributed by atoms with van der Waals surface area (Å²) in [7, 11) is 0. The van der Waals surface area contributed by atoms with E-state index >= 15 is 0 Å². The van der Waals surface area contributed by atoms with E-state index in [1.165, 1.54) is 0 Å². The van der Waals surface area contributed by atoms with Gasteiger partial charge >= 0.3 is 0 Å². The molecule has 2 atom stereocenters. The Bertz CT molecular complexity index is 749. The van der Waals surface area contributed by atoms with E-state index in [4.69, 9.17) is 0 Å². The zero-order chi connectivity index (χ0) is 17.8. The lowest BCUT2D eigenvalue weighted by Gasteiger charge is -2.25. The van der Waals surface area contributed by atoms with E-state index in [9.17, 15) is 14.7 Å². The average Bonchev–Trinajstić information content (AvgIpc) is 3.12. The fraction of sp³-hybridized carbons (Fsp3) is 0.263. The third-order valence-electron chi connectivity index (χ3n) is 4.22. The predicted octanol–water partition coefficient (Wildman–Crippen LogP) is 2.78. The number of nitrogens with one attached hydrogen (secondary N) is 1. The zero-order valence-corrected chi connectivity index (χ0v) is 14.7. The molecule has 1 fully saturated rings. The van der Waals surface area contributed by atoms with Gasteiger partial charge in [-0.05, 0) is 36.8 Å². The van der Waals surface area contributed by atoms with Gasteiger partial charge in [0, 0.05) is 11.3 Å². The molecule has 1 aliphatic rings. The molecule has 2 amide bonds. The topological polar surface area (TPSA) is 69.6 Å². The fourth-order valence-corrected chi connectivity index (χ4v) is 3.92. The summed E-state index contributed by atoms with van der Waals surface area (Å²) < 4.78 is 0. The van der Waals surface area contributed by atoms with Gasteiger partial charge < -0.3 is 15.3 Å². The third kappa shape index (κ3) is 3.96. The predicted molar refractivity (Wildman–Crippen MR) is 98.4 cm³/mol. The second-order valence-electron chi connectivity index (χ2n) is 5.98. The highest BCUT2D eigenvalue weighted by molar-refractivity contribution is 7.99. The third-order valence-corrected chi connectivity index (χ3v) is 5.23. The highest BCUT2D eigenvalue weighted by Crippen LogP contribution is 2.24. The van der Waals surface area contributed by atoms with Crippen LogP contribution in [0.2, 0.25) is 0 Å². The number of nitrogens with zero attached hydrogens (tertiary/aromatic N) is 1. The van der Waals surface area contributed by atoms with Gasteiger partial charge in [0.2, 0.25) is 5.91 Å². The van der Waals surface area contributed by atoms with Crippen molar-refractivity contribution in [2.45, 2.75) is 19.0 Å². The van der Waals surface area contributed by atoms with Crippen LogP contribution in [0.3, 0.4) is 0 Å². The smallest absolute Gasteiger partial charge is 0.255 e. The van der Waals surface area contributed by atoms with Crippen molar-refractivity contribution < 1.29 is 14.7 Å². The average molecular weight is 356 g/mol. The second kappa shape index (κ2) is 7.61. The van der Waals surface area contributed by atoms with Crippen LogP contribution in [0.25, 0.3) is 0 Å². The Balaban J connectivity index is 1.68. The normalized spacial score (nSPS) is 18.0. The minimum Gasteiger partial charge on any atom is -0.508 e. The minimum absolute atomic E-state index is 0.122. The summed E-state index contributed by atoms with van der Waals surface area (Å²) in [5.74, 6) is 1.01. The van der Waals surface area contributed by atoms with Crippen LogP contribution in [-0.4, -0.2) is 39.5 Å². The van der Waals surface area contributed by atoms with Crippen LogP contribution < -0.4 is 5.32 Å². The summed E-state index contributed by atoms with van der Waals surface area (Å²) in [5, 5.41) is 12.3. The van der Waals surface area contributed by atoms with Crippen molar-refractivity contribution in [2.75, 3.05) is 11.6 Å². The molecule has 0 aliphatic carbocycles. The largest absolute Gasteiger partial charge is 0.508 e. The van der Waals surface area contributed by atoms with Crippen molar-refractivity contribution in [3.05, 3.63) is 65.7 Å². The number of rotatable bonds is 4. The lowest BCUT2D eigenvalue weighted by molar-refractivity contribution is -0.125. The quantitative estimate of drug-likeness (QED) is 0.884. The Labute approximate surface area is 151 Å². The second-order valence-corrected chi connectivity index (χ2v) is 6.98. The Morgan fingerprint density at radius 1 is 1.16 bits per heavy atom. The molecule has 0 saturated carbocycles. The highest BCUT2D eigenvalue weighted by atomic mass is 32.2. The van der Waals surface area contributed by atoms with Gasteiger partial charge in [0.25, 0.3) is 5.91 Å². The highest BCUT2D eigenvalue weighted by Gasteiger charge is 2.35. The van der Waals surface area contributed by atoms with Crippen molar-refractivity contribution >= 4 is 23.6 Å². The van der Waals surface area contributed by atoms with Gasteiger partial charge in [-0.2, -0.15) is 0 Å². The van der Waals surface area contributed by atoms with Crippen molar-refractivity contribution in [1.82, 2.24) is 10.2 Å². The standard InChI is InChI=1S/C19H20N2O3S/c1-13(14-7-9-16(22)10-8-14)20-18(23)17-11-25-12-21(17)19(24)15-5-3-2-4-6-15/h2-10,13,17,22H,11-12H2,1H3,(H,20,23)/t13-,17+/m1/s1. The molecule has 0 spiro atoms. The summed E-state index contributed by atoms with van der Waals surface area (Å²) in [6.45, 7) is 1.88. The van der Waals surface area contributed by atoms with Gasteiger partial charge in [-0.1, -0.05) is 30.3 Å². The first-order chi connectivity index (χ1) is 12.1. The van der Waals surface area contributed by atoms with Crippen molar-refractivity contribution in [1.29, 1.82) is 0 Å². The van der Waals surface area contributed by atoms with Crippen LogP contribution in [0.4, 0.5) is 0 Å². The van der Waals surface area contributed by atoms with Crippen molar-refractivity contribution in [2.24, 2.45) is 0 Å². The van der Waals surface area contributed by atoms with Gasteiger partial charge in [-0.15, -0.1) is 11.8 Å². The van der Waals surface area contributed by atoms with Crippen LogP contribution in [0.15, 0.2) is 54.6 Å². The maximum Gasteiger partial charge on any atom is 0.255 e. The molecule has 1 heterocycles. The summed E-state index contributed by atoms with van der Waals surface area (Å²) in [4.78, 5) is 27.0. The zero-order valence-electron chi connectivity index (χ0n) is 13.9. The van der Waals surface area contributed by atoms with Gasteiger partial charge in [-0.25, -0.2) is 0 Å². The lowest BCUT2D eigenvalue weighted by atomic mass is 10.1. The Kier molecular flexibility index (Phi) is 5.28. The molecule has 2 aromatic rings. The molecule has 6 heteroatoms. The van der Waals surface area contributed by atoms with E-state index < -0.39 is 6.04 Å². The number of phenols is 1. The van der Waals surface area contributed by atoms with Gasteiger partial charge in [0.1, 0.15) is 11.8 Å². The molecule has 0 unspecified atom stereocenters. The molecule has 2 N–H and O–H groups in total. The molecule has 0 radical (unpaired) electrons. The first-order valence-corrected chi connectivity index (χ1v) is 9.25. The molecule has 3 rings (SSSR count). The van der Waals surface area contributed by atoms with Crippen LogP contribution in [-0.2, 0) is 4.79 Å². The maximum absolute atomic E-state index is 12.7. The van der Waals surface area contributed by atoms with Crippen LogP contribution in [0.1, 0.15) is 28.9 Å². The molecule has 0 aromatic heterocycles. The number of benzene rings is 2. The maximum atomic E-state index is 12.7. The number of phenolic OH excluding ortho intramolecular Hbond substituents is 1. The van der Waals surface area contributed by atoms with E-state index in [-0.39, 0.29) is 23.6 Å². The molecule has 25 heavy (non-hydrogen) atoms. The number of aromatic hydroxyl groups is 1. The van der Waals surface area contributed by atoms with E-state index in [2.05, 4.69) is 5.32 Å².